The number of hydroxylamine groups is 1. The Labute approximate surface area is 239 Å². The first kappa shape index (κ1) is 28.5. The van der Waals surface area contributed by atoms with Crippen molar-refractivity contribution in [3.63, 3.8) is 0 Å². The second-order valence-electron chi connectivity index (χ2n) is 9.51. The summed E-state index contributed by atoms with van der Waals surface area (Å²) in [5, 5.41) is 14.9. The summed E-state index contributed by atoms with van der Waals surface area (Å²) in [4.78, 5) is 47.7. The van der Waals surface area contributed by atoms with Gasteiger partial charge in [-0.05, 0) is 73.5 Å². The molecule has 3 amide bonds. The number of pyridine rings is 1. The van der Waals surface area contributed by atoms with Gasteiger partial charge in [0.15, 0.2) is 0 Å². The molecule has 11 nitrogen and oxygen atoms in total. The van der Waals surface area contributed by atoms with Crippen molar-refractivity contribution >= 4 is 40.0 Å². The highest BCUT2D eigenvalue weighted by atomic mass is 19.1. The molecule has 1 aromatic heterocycles. The number of nitrogens with one attached hydrogen (secondary N) is 3. The van der Waals surface area contributed by atoms with E-state index in [0.717, 1.165) is 0 Å². The number of halogens is 1. The summed E-state index contributed by atoms with van der Waals surface area (Å²) >= 11 is 0. The third kappa shape index (κ3) is 6.14. The predicted molar refractivity (Wildman–Crippen MR) is 151 cm³/mol. The van der Waals surface area contributed by atoms with Crippen LogP contribution in [0, 0.1) is 11.2 Å². The van der Waals surface area contributed by atoms with Crippen LogP contribution in [0.5, 0.6) is 17.2 Å². The van der Waals surface area contributed by atoms with Gasteiger partial charge in [0, 0.05) is 29.0 Å². The Hall–Kier alpha value is -5.07. The van der Waals surface area contributed by atoms with Gasteiger partial charge in [0.1, 0.15) is 28.5 Å². The van der Waals surface area contributed by atoms with Gasteiger partial charge < -0.3 is 25.2 Å². The Bertz CT molecular complexity index is 1620. The molecule has 216 valence electrons. The van der Waals surface area contributed by atoms with Gasteiger partial charge in [0.2, 0.25) is 11.8 Å². The molecule has 1 saturated carbocycles. The molecule has 0 atom stereocenters. The standard InChI is InChI=1S/C30H27FN4O7/c1-40-26-17-24-22(16-23(26)27(37)35-41-15-14-36)25(10-13-32-24)42-21-8-6-20(7-9-21)34-29(39)30(11-12-30)28(38)33-19-4-2-18(31)3-5-19/h2-10,13,16-17,36H,11-12,14-15H2,1H3,(H,33,38)(H,34,39)(H,35,37). The SMILES string of the molecule is COc1cc2nccc(Oc3ccc(NC(=O)C4(C(=O)Nc5ccc(F)cc5)CC4)cc3)c2cc1C(=O)NOCCO. The Kier molecular flexibility index (Phi) is 8.27. The van der Waals surface area contributed by atoms with Crippen molar-refractivity contribution in [2.24, 2.45) is 5.41 Å². The second kappa shape index (κ2) is 12.2. The number of nitrogens with zero attached hydrogens (tertiary/aromatic N) is 1. The number of methoxy groups -OCH3 is 1. The molecule has 1 aliphatic carbocycles. The fourth-order valence-corrected chi connectivity index (χ4v) is 4.25. The van der Waals surface area contributed by atoms with Crippen molar-refractivity contribution in [1.29, 1.82) is 0 Å². The summed E-state index contributed by atoms with van der Waals surface area (Å²) in [6.07, 6.45) is 2.36. The zero-order chi connectivity index (χ0) is 29.7. The lowest BCUT2D eigenvalue weighted by atomic mass is 10.0. The van der Waals surface area contributed by atoms with Crippen molar-refractivity contribution in [3.05, 3.63) is 84.3 Å². The minimum atomic E-state index is -1.19. The summed E-state index contributed by atoms with van der Waals surface area (Å²) in [6.45, 7) is -0.328. The first-order chi connectivity index (χ1) is 20.3. The van der Waals surface area contributed by atoms with Crippen LogP contribution in [0.15, 0.2) is 72.9 Å². The highest BCUT2D eigenvalue weighted by Gasteiger charge is 2.56. The third-order valence-electron chi connectivity index (χ3n) is 6.69. The van der Waals surface area contributed by atoms with Crippen molar-refractivity contribution < 1.29 is 38.2 Å². The van der Waals surface area contributed by atoms with E-state index in [9.17, 15) is 18.8 Å². The average molecular weight is 575 g/mol. The van der Waals surface area contributed by atoms with Crippen LogP contribution >= 0.6 is 0 Å². The van der Waals surface area contributed by atoms with Crippen molar-refractivity contribution in [2.75, 3.05) is 31.0 Å². The number of hydrogen-bond donors (Lipinski definition) is 4. The summed E-state index contributed by atoms with van der Waals surface area (Å²) in [5.41, 5.74) is 2.65. The molecule has 0 bridgehead atoms. The molecule has 0 radical (unpaired) electrons. The van der Waals surface area contributed by atoms with Crippen LogP contribution in [0.1, 0.15) is 23.2 Å². The number of rotatable bonds is 11. The first-order valence-electron chi connectivity index (χ1n) is 13.0. The molecule has 1 aliphatic rings. The number of anilines is 2. The molecule has 1 heterocycles. The molecule has 0 unspecified atom stereocenters. The number of carbonyl (C=O) groups is 3. The number of aliphatic hydroxyl groups excluding tert-OH is 1. The van der Waals surface area contributed by atoms with Crippen molar-refractivity contribution in [2.45, 2.75) is 12.8 Å². The molecule has 1 fully saturated rings. The quantitative estimate of drug-likeness (QED) is 0.118. The van der Waals surface area contributed by atoms with Crippen LogP contribution in [0.3, 0.4) is 0 Å². The van der Waals surface area contributed by atoms with Crippen LogP contribution in [0.25, 0.3) is 10.9 Å². The topological polar surface area (TPSA) is 148 Å². The number of benzene rings is 3. The maximum Gasteiger partial charge on any atom is 0.278 e. The van der Waals surface area contributed by atoms with Gasteiger partial charge in [-0.1, -0.05) is 0 Å². The molecule has 12 heteroatoms. The number of carbonyl (C=O) groups excluding carboxylic acids is 3. The molecule has 4 aromatic rings. The summed E-state index contributed by atoms with van der Waals surface area (Å²) in [6, 6.07) is 16.7. The Morgan fingerprint density at radius 2 is 1.57 bits per heavy atom. The third-order valence-corrected chi connectivity index (χ3v) is 6.69. The minimum Gasteiger partial charge on any atom is -0.496 e. The molecule has 0 spiro atoms. The second-order valence-corrected chi connectivity index (χ2v) is 9.51. The maximum absolute atomic E-state index is 13.2. The summed E-state index contributed by atoms with van der Waals surface area (Å²) in [7, 11) is 1.43. The van der Waals surface area contributed by atoms with Crippen molar-refractivity contribution in [3.8, 4) is 17.2 Å². The molecule has 0 saturated heterocycles. The van der Waals surface area contributed by atoms with E-state index in [1.54, 1.807) is 48.7 Å². The predicted octanol–water partition coefficient (Wildman–Crippen LogP) is 4.19. The lowest BCUT2D eigenvalue weighted by Gasteiger charge is -2.16. The molecular formula is C30H27FN4O7. The molecule has 42 heavy (non-hydrogen) atoms. The average Bonchev–Trinajstić information content (AvgIpc) is 3.81. The van der Waals surface area contributed by atoms with Crippen LogP contribution in [0.4, 0.5) is 15.8 Å². The van der Waals surface area contributed by atoms with Crippen LogP contribution < -0.4 is 25.6 Å². The highest BCUT2D eigenvalue weighted by Crippen LogP contribution is 2.47. The van der Waals surface area contributed by atoms with Gasteiger partial charge in [0.05, 0.1) is 31.4 Å². The van der Waals surface area contributed by atoms with Crippen LogP contribution in [-0.2, 0) is 14.4 Å². The fourth-order valence-electron chi connectivity index (χ4n) is 4.25. The van der Waals surface area contributed by atoms with Gasteiger partial charge in [-0.25, -0.2) is 9.87 Å². The zero-order valence-corrected chi connectivity index (χ0v) is 22.5. The number of amides is 3. The van der Waals surface area contributed by atoms with Gasteiger partial charge in [0.25, 0.3) is 5.91 Å². The molecule has 4 N–H and O–H groups in total. The van der Waals surface area contributed by atoms with Gasteiger partial charge in [-0.15, -0.1) is 0 Å². The molecule has 0 aliphatic heterocycles. The van der Waals surface area contributed by atoms with Gasteiger partial charge >= 0.3 is 0 Å². The fraction of sp³-hybridized carbons (Fsp3) is 0.200. The van der Waals surface area contributed by atoms with E-state index in [4.69, 9.17) is 19.4 Å². The molecule has 3 aromatic carbocycles. The Morgan fingerprint density at radius 1 is 0.929 bits per heavy atom. The summed E-state index contributed by atoms with van der Waals surface area (Å²) in [5.74, 6) is -0.731. The lowest BCUT2D eigenvalue weighted by molar-refractivity contribution is -0.131. The van der Waals surface area contributed by atoms with Crippen molar-refractivity contribution in [1.82, 2.24) is 10.5 Å². The number of aromatic nitrogens is 1. The van der Waals surface area contributed by atoms with E-state index < -0.39 is 29.0 Å². The minimum absolute atomic E-state index is 0.0713. The summed E-state index contributed by atoms with van der Waals surface area (Å²) < 4.78 is 24.6. The maximum atomic E-state index is 13.2. The van der Waals surface area contributed by atoms with E-state index in [0.29, 0.717) is 46.6 Å². The van der Waals surface area contributed by atoms with E-state index in [1.165, 1.54) is 31.4 Å². The smallest absolute Gasteiger partial charge is 0.278 e. The first-order valence-corrected chi connectivity index (χ1v) is 13.0. The zero-order valence-electron chi connectivity index (χ0n) is 22.5. The normalized spacial score (nSPS) is 13.2. The number of hydrogen-bond acceptors (Lipinski definition) is 8. The molecule has 5 rings (SSSR count). The van der Waals surface area contributed by atoms with E-state index in [2.05, 4.69) is 21.1 Å². The van der Waals surface area contributed by atoms with Gasteiger partial charge in [-0.2, -0.15) is 0 Å². The van der Waals surface area contributed by atoms with Crippen LogP contribution in [-0.4, -0.2) is 48.1 Å². The van der Waals surface area contributed by atoms with E-state index >= 15 is 0 Å². The Balaban J connectivity index is 1.28. The largest absolute Gasteiger partial charge is 0.496 e. The Morgan fingerprint density at radius 3 is 2.17 bits per heavy atom. The van der Waals surface area contributed by atoms with E-state index in [-0.39, 0.29) is 24.5 Å². The molecular weight excluding hydrogens is 547 g/mol. The monoisotopic (exact) mass is 574 g/mol. The lowest BCUT2D eigenvalue weighted by Crippen LogP contribution is -2.35. The number of fused-ring (bicyclic) bond motifs is 1. The van der Waals surface area contributed by atoms with Crippen LogP contribution in [0.2, 0.25) is 0 Å². The number of aliphatic hydroxyl groups is 1. The number of ether oxygens (including phenoxy) is 2. The van der Waals surface area contributed by atoms with Gasteiger partial charge in [-0.3, -0.25) is 24.2 Å². The van der Waals surface area contributed by atoms with E-state index in [1.807, 2.05) is 0 Å². The highest BCUT2D eigenvalue weighted by molar-refractivity contribution is 6.16.